The van der Waals surface area contributed by atoms with Crippen molar-refractivity contribution in [1.82, 2.24) is 4.90 Å². The number of carbonyl (C=O) groups is 3. The van der Waals surface area contributed by atoms with E-state index in [1.807, 2.05) is 0 Å². The highest BCUT2D eigenvalue weighted by molar-refractivity contribution is 6.22. The maximum Gasteiger partial charge on any atom is 0.262 e. The van der Waals surface area contributed by atoms with Gasteiger partial charge in [-0.2, -0.15) is 0 Å². The predicted octanol–water partition coefficient (Wildman–Crippen LogP) is 3.64. The summed E-state index contributed by atoms with van der Waals surface area (Å²) < 4.78 is 18.6. The van der Waals surface area contributed by atoms with Crippen molar-refractivity contribution in [3.8, 4) is 5.75 Å². The van der Waals surface area contributed by atoms with Crippen LogP contribution in [-0.2, 0) is 11.4 Å². The van der Waals surface area contributed by atoms with Crippen molar-refractivity contribution in [3.63, 3.8) is 0 Å². The van der Waals surface area contributed by atoms with Gasteiger partial charge < -0.3 is 10.1 Å². The SMILES string of the molecule is O=C(CN1C(=O)c2ccccc2C1=O)Nc1cccc(OCc2ccc(F)cc2)c1. The standard InChI is InChI=1S/C23H17FN2O4/c24-16-10-8-15(9-11-16)14-30-18-5-3-4-17(12-18)25-21(27)13-26-22(28)19-6-1-2-7-20(19)23(26)29/h1-12H,13-14H2,(H,25,27). The first kappa shape index (κ1) is 19.3. The molecule has 0 aromatic heterocycles. The summed E-state index contributed by atoms with van der Waals surface area (Å²) in [4.78, 5) is 38.1. The van der Waals surface area contributed by atoms with E-state index in [4.69, 9.17) is 4.74 Å². The Morgan fingerprint density at radius 1 is 0.900 bits per heavy atom. The Labute approximate surface area is 171 Å². The van der Waals surface area contributed by atoms with Crippen molar-refractivity contribution in [2.24, 2.45) is 0 Å². The minimum absolute atomic E-state index is 0.243. The van der Waals surface area contributed by atoms with Gasteiger partial charge in [-0.3, -0.25) is 19.3 Å². The number of anilines is 1. The summed E-state index contributed by atoms with van der Waals surface area (Å²) in [6.45, 7) is -0.139. The molecule has 0 saturated carbocycles. The number of imide groups is 1. The van der Waals surface area contributed by atoms with E-state index >= 15 is 0 Å². The van der Waals surface area contributed by atoms with Crippen LogP contribution < -0.4 is 10.1 Å². The van der Waals surface area contributed by atoms with Crippen molar-refractivity contribution in [3.05, 3.63) is 95.3 Å². The summed E-state index contributed by atoms with van der Waals surface area (Å²) >= 11 is 0. The zero-order valence-corrected chi connectivity index (χ0v) is 15.8. The number of amides is 3. The van der Waals surface area contributed by atoms with Crippen LogP contribution in [0, 0.1) is 5.82 Å². The minimum Gasteiger partial charge on any atom is -0.489 e. The first-order chi connectivity index (χ1) is 14.5. The number of fused-ring (bicyclic) bond motifs is 1. The smallest absolute Gasteiger partial charge is 0.262 e. The van der Waals surface area contributed by atoms with Gasteiger partial charge in [0.2, 0.25) is 5.91 Å². The molecule has 150 valence electrons. The van der Waals surface area contributed by atoms with Crippen LogP contribution in [0.25, 0.3) is 0 Å². The third kappa shape index (κ3) is 4.05. The molecule has 0 spiro atoms. The molecule has 1 N–H and O–H groups in total. The van der Waals surface area contributed by atoms with Gasteiger partial charge in [-0.15, -0.1) is 0 Å². The third-order valence-corrected chi connectivity index (χ3v) is 4.62. The molecule has 0 unspecified atom stereocenters. The van der Waals surface area contributed by atoms with Gasteiger partial charge in [0, 0.05) is 11.8 Å². The highest BCUT2D eigenvalue weighted by atomic mass is 19.1. The molecule has 3 aromatic rings. The number of benzene rings is 3. The number of nitrogens with one attached hydrogen (secondary N) is 1. The summed E-state index contributed by atoms with van der Waals surface area (Å²) in [7, 11) is 0. The normalized spacial score (nSPS) is 12.6. The van der Waals surface area contributed by atoms with Crippen molar-refractivity contribution < 1.29 is 23.5 Å². The number of rotatable bonds is 6. The molecule has 0 radical (unpaired) electrons. The lowest BCUT2D eigenvalue weighted by Crippen LogP contribution is -2.37. The predicted molar refractivity (Wildman–Crippen MR) is 108 cm³/mol. The molecule has 3 amide bonds. The number of halogens is 1. The van der Waals surface area contributed by atoms with Gasteiger partial charge in [0.15, 0.2) is 0 Å². The van der Waals surface area contributed by atoms with E-state index in [-0.39, 0.29) is 19.0 Å². The minimum atomic E-state index is -0.500. The molecule has 1 aliphatic heterocycles. The molecule has 1 heterocycles. The molecular formula is C23H17FN2O4. The largest absolute Gasteiger partial charge is 0.489 e. The average Bonchev–Trinajstić information content (AvgIpc) is 2.99. The molecule has 0 atom stereocenters. The lowest BCUT2D eigenvalue weighted by atomic mass is 10.1. The van der Waals surface area contributed by atoms with E-state index in [0.717, 1.165) is 10.5 Å². The summed E-state index contributed by atoms with van der Waals surface area (Å²) in [6, 6.07) is 19.2. The van der Waals surface area contributed by atoms with E-state index < -0.39 is 17.7 Å². The van der Waals surface area contributed by atoms with Crippen molar-refractivity contribution in [2.75, 3.05) is 11.9 Å². The molecule has 7 heteroatoms. The molecule has 4 rings (SSSR count). The van der Waals surface area contributed by atoms with Gasteiger partial charge in [0.25, 0.3) is 11.8 Å². The van der Waals surface area contributed by atoms with E-state index in [2.05, 4.69) is 5.32 Å². The van der Waals surface area contributed by atoms with Gasteiger partial charge in [-0.05, 0) is 42.0 Å². The lowest BCUT2D eigenvalue weighted by molar-refractivity contribution is -0.116. The van der Waals surface area contributed by atoms with Gasteiger partial charge in [-0.25, -0.2) is 4.39 Å². The average molecular weight is 404 g/mol. The Balaban J connectivity index is 1.37. The molecule has 0 fully saturated rings. The maximum absolute atomic E-state index is 13.0. The molecule has 30 heavy (non-hydrogen) atoms. The van der Waals surface area contributed by atoms with Crippen molar-refractivity contribution in [1.29, 1.82) is 0 Å². The second kappa shape index (κ2) is 8.16. The monoisotopic (exact) mass is 404 g/mol. The van der Waals surface area contributed by atoms with Crippen LogP contribution in [0.4, 0.5) is 10.1 Å². The van der Waals surface area contributed by atoms with Crippen LogP contribution in [0.3, 0.4) is 0 Å². The van der Waals surface area contributed by atoms with E-state index in [0.29, 0.717) is 22.6 Å². The fourth-order valence-corrected chi connectivity index (χ4v) is 3.14. The summed E-state index contributed by atoms with van der Waals surface area (Å²) in [5, 5.41) is 2.67. The quantitative estimate of drug-likeness (QED) is 0.637. The summed E-state index contributed by atoms with van der Waals surface area (Å²) in [5.41, 5.74) is 1.86. The molecule has 0 bridgehead atoms. The van der Waals surface area contributed by atoms with Crippen LogP contribution in [0.15, 0.2) is 72.8 Å². The number of hydrogen-bond acceptors (Lipinski definition) is 4. The van der Waals surface area contributed by atoms with Crippen LogP contribution in [0.1, 0.15) is 26.3 Å². The van der Waals surface area contributed by atoms with Crippen LogP contribution in [-0.4, -0.2) is 29.2 Å². The first-order valence-corrected chi connectivity index (χ1v) is 9.23. The molecule has 0 aliphatic carbocycles. The van der Waals surface area contributed by atoms with Crippen molar-refractivity contribution in [2.45, 2.75) is 6.61 Å². The topological polar surface area (TPSA) is 75.7 Å². The molecule has 3 aromatic carbocycles. The molecule has 6 nitrogen and oxygen atoms in total. The number of nitrogens with zero attached hydrogens (tertiary/aromatic N) is 1. The second-order valence-corrected chi connectivity index (χ2v) is 6.73. The third-order valence-electron chi connectivity index (χ3n) is 4.62. The van der Waals surface area contributed by atoms with Crippen molar-refractivity contribution >= 4 is 23.4 Å². The zero-order valence-electron chi connectivity index (χ0n) is 15.8. The Morgan fingerprint density at radius 3 is 2.23 bits per heavy atom. The second-order valence-electron chi connectivity index (χ2n) is 6.73. The van der Waals surface area contributed by atoms with E-state index in [9.17, 15) is 18.8 Å². The van der Waals surface area contributed by atoms with Gasteiger partial charge in [-0.1, -0.05) is 30.3 Å². The molecular weight excluding hydrogens is 387 g/mol. The number of hydrogen-bond donors (Lipinski definition) is 1. The van der Waals surface area contributed by atoms with Crippen LogP contribution in [0.5, 0.6) is 5.75 Å². The first-order valence-electron chi connectivity index (χ1n) is 9.23. The fraction of sp³-hybridized carbons (Fsp3) is 0.0870. The van der Waals surface area contributed by atoms with Crippen LogP contribution in [0.2, 0.25) is 0 Å². The van der Waals surface area contributed by atoms with Crippen LogP contribution >= 0.6 is 0 Å². The number of carbonyl (C=O) groups excluding carboxylic acids is 3. The van der Waals surface area contributed by atoms with Gasteiger partial charge >= 0.3 is 0 Å². The van der Waals surface area contributed by atoms with E-state index in [1.54, 1.807) is 60.7 Å². The molecule has 0 saturated heterocycles. The summed E-state index contributed by atoms with van der Waals surface area (Å²) in [5.74, 6) is -1.27. The fourth-order valence-electron chi connectivity index (χ4n) is 3.14. The Kier molecular flexibility index (Phi) is 5.26. The van der Waals surface area contributed by atoms with E-state index in [1.165, 1.54) is 12.1 Å². The Morgan fingerprint density at radius 2 is 1.57 bits per heavy atom. The maximum atomic E-state index is 13.0. The molecule has 1 aliphatic rings. The lowest BCUT2D eigenvalue weighted by Gasteiger charge is -2.14. The highest BCUT2D eigenvalue weighted by Gasteiger charge is 2.36. The van der Waals surface area contributed by atoms with Gasteiger partial charge in [0.05, 0.1) is 11.1 Å². The Hall–Kier alpha value is -4.00. The zero-order chi connectivity index (χ0) is 21.1. The highest BCUT2D eigenvalue weighted by Crippen LogP contribution is 2.23. The summed E-state index contributed by atoms with van der Waals surface area (Å²) in [6.07, 6.45) is 0. The number of ether oxygens (including phenoxy) is 1. The van der Waals surface area contributed by atoms with Gasteiger partial charge in [0.1, 0.15) is 24.7 Å². The Bertz CT molecular complexity index is 1090.